The third kappa shape index (κ3) is 4.21. The molecule has 2 N–H and O–H groups in total. The molecule has 1 aromatic heterocycles. The Morgan fingerprint density at radius 3 is 2.45 bits per heavy atom. The summed E-state index contributed by atoms with van der Waals surface area (Å²) in [5, 5.41) is 6.55. The Labute approximate surface area is 170 Å². The van der Waals surface area contributed by atoms with E-state index in [1.165, 1.54) is 0 Å². The molecule has 0 aliphatic heterocycles. The van der Waals surface area contributed by atoms with Crippen LogP contribution in [-0.2, 0) is 6.42 Å². The number of hydrogen-bond donors (Lipinski definition) is 2. The van der Waals surface area contributed by atoms with Crippen LogP contribution in [0.1, 0.15) is 36.3 Å². The van der Waals surface area contributed by atoms with Crippen LogP contribution in [0.4, 0.5) is 23.1 Å². The van der Waals surface area contributed by atoms with Crippen molar-refractivity contribution in [2.24, 2.45) is 5.41 Å². The molecule has 6 nitrogen and oxygen atoms in total. The lowest BCUT2D eigenvalue weighted by Crippen LogP contribution is -2.29. The Balaban J connectivity index is 1.76. The minimum absolute atomic E-state index is 0.0719. The highest BCUT2D eigenvalue weighted by Gasteiger charge is 2.35. The van der Waals surface area contributed by atoms with Gasteiger partial charge in [-0.3, -0.25) is 4.79 Å². The smallest absolute Gasteiger partial charge is 0.229 e. The summed E-state index contributed by atoms with van der Waals surface area (Å²) in [6, 6.07) is 17.3. The van der Waals surface area contributed by atoms with Gasteiger partial charge in [-0.05, 0) is 36.1 Å². The van der Waals surface area contributed by atoms with Crippen LogP contribution < -0.4 is 15.4 Å². The molecule has 1 aliphatic rings. The lowest BCUT2D eigenvalue weighted by atomic mass is 9.75. The summed E-state index contributed by atoms with van der Waals surface area (Å²) in [7, 11) is 1.63. The maximum absolute atomic E-state index is 12.9. The molecule has 0 radical (unpaired) electrons. The van der Waals surface area contributed by atoms with Gasteiger partial charge in [0.15, 0.2) is 5.78 Å². The summed E-state index contributed by atoms with van der Waals surface area (Å²) in [5.41, 5.74) is 2.92. The van der Waals surface area contributed by atoms with Crippen LogP contribution in [-0.4, -0.2) is 22.9 Å². The van der Waals surface area contributed by atoms with Crippen LogP contribution in [0.5, 0.6) is 5.75 Å². The van der Waals surface area contributed by atoms with E-state index in [0.717, 1.165) is 22.8 Å². The summed E-state index contributed by atoms with van der Waals surface area (Å²) >= 11 is 0. The summed E-state index contributed by atoms with van der Waals surface area (Å²) in [6.07, 6.45) is 1.20. The topological polar surface area (TPSA) is 76.1 Å². The maximum atomic E-state index is 12.9. The van der Waals surface area contributed by atoms with Crippen molar-refractivity contribution < 1.29 is 9.53 Å². The average Bonchev–Trinajstić information content (AvgIpc) is 2.67. The van der Waals surface area contributed by atoms with Gasteiger partial charge < -0.3 is 15.4 Å². The highest BCUT2D eigenvalue weighted by molar-refractivity contribution is 6.03. The van der Waals surface area contributed by atoms with Crippen molar-refractivity contribution >= 4 is 28.9 Å². The zero-order chi connectivity index (χ0) is 20.4. The lowest BCUT2D eigenvalue weighted by Gasteiger charge is -2.30. The van der Waals surface area contributed by atoms with E-state index >= 15 is 0 Å². The third-order valence-corrected chi connectivity index (χ3v) is 4.91. The third-order valence-electron chi connectivity index (χ3n) is 4.91. The Morgan fingerprint density at radius 2 is 1.69 bits per heavy atom. The van der Waals surface area contributed by atoms with Crippen molar-refractivity contribution in [1.82, 2.24) is 9.97 Å². The van der Waals surface area contributed by atoms with Crippen LogP contribution in [0, 0.1) is 5.41 Å². The number of rotatable bonds is 5. The number of methoxy groups -OCH3 is 1. The lowest BCUT2D eigenvalue weighted by molar-refractivity contribution is 0.0911. The summed E-state index contributed by atoms with van der Waals surface area (Å²) in [6.45, 7) is 4.19. The quantitative estimate of drug-likeness (QED) is 0.631. The first-order valence-electron chi connectivity index (χ1n) is 9.61. The molecular weight excluding hydrogens is 364 g/mol. The van der Waals surface area contributed by atoms with Gasteiger partial charge in [-0.15, -0.1) is 0 Å². The molecule has 0 saturated heterocycles. The van der Waals surface area contributed by atoms with Crippen molar-refractivity contribution in [3.05, 3.63) is 65.9 Å². The fourth-order valence-electron chi connectivity index (χ4n) is 3.60. The predicted octanol–water partition coefficient (Wildman–Crippen LogP) is 5.13. The number of fused-ring (bicyclic) bond motifs is 1. The molecule has 0 fully saturated rings. The maximum Gasteiger partial charge on any atom is 0.229 e. The average molecular weight is 388 g/mol. The van der Waals surface area contributed by atoms with Gasteiger partial charge in [-0.1, -0.05) is 38.1 Å². The molecule has 0 amide bonds. The first-order valence-corrected chi connectivity index (χ1v) is 9.61. The number of ketones is 1. The molecule has 0 bridgehead atoms. The van der Waals surface area contributed by atoms with Gasteiger partial charge in [0.05, 0.1) is 18.4 Å². The van der Waals surface area contributed by atoms with Gasteiger partial charge in [-0.25, -0.2) is 4.98 Å². The summed E-state index contributed by atoms with van der Waals surface area (Å²) in [5.74, 6) is 1.79. The van der Waals surface area contributed by atoms with Gasteiger partial charge in [0.25, 0.3) is 0 Å². The van der Waals surface area contributed by atoms with Crippen molar-refractivity contribution in [2.75, 3.05) is 17.7 Å². The molecule has 29 heavy (non-hydrogen) atoms. The van der Waals surface area contributed by atoms with Crippen molar-refractivity contribution in [2.45, 2.75) is 26.7 Å². The number of Topliss-reactive ketones (excluding diaryl/α,β-unsaturated/α-hetero) is 1. The van der Waals surface area contributed by atoms with Gasteiger partial charge in [0.2, 0.25) is 5.95 Å². The predicted molar refractivity (Wildman–Crippen MR) is 114 cm³/mol. The fraction of sp³-hybridized carbons (Fsp3) is 0.261. The second kappa shape index (κ2) is 7.54. The highest BCUT2D eigenvalue weighted by Crippen LogP contribution is 2.37. The number of anilines is 4. The highest BCUT2D eigenvalue weighted by atomic mass is 16.5. The normalized spacial score (nSPS) is 14.8. The van der Waals surface area contributed by atoms with Gasteiger partial charge in [-0.2, -0.15) is 4.98 Å². The van der Waals surface area contributed by atoms with Crippen molar-refractivity contribution in [1.29, 1.82) is 0 Å². The fourth-order valence-corrected chi connectivity index (χ4v) is 3.60. The van der Waals surface area contributed by atoms with Crippen LogP contribution in [0.15, 0.2) is 54.6 Å². The van der Waals surface area contributed by atoms with Crippen LogP contribution in [0.25, 0.3) is 0 Å². The molecule has 148 valence electrons. The molecular formula is C23H24N4O2. The van der Waals surface area contributed by atoms with Gasteiger partial charge in [0, 0.05) is 23.9 Å². The van der Waals surface area contributed by atoms with Gasteiger partial charge >= 0.3 is 0 Å². The molecule has 0 spiro atoms. The Hall–Kier alpha value is -3.41. The number of nitrogens with one attached hydrogen (secondary N) is 2. The number of carbonyl (C=O) groups excluding carboxylic acids is 1. The van der Waals surface area contributed by atoms with Gasteiger partial charge in [0.1, 0.15) is 11.6 Å². The Morgan fingerprint density at radius 1 is 0.931 bits per heavy atom. The second-order valence-corrected chi connectivity index (χ2v) is 8.01. The molecule has 1 heterocycles. The molecule has 3 aromatic rings. The molecule has 6 heteroatoms. The first kappa shape index (κ1) is 18.9. The van der Waals surface area contributed by atoms with E-state index in [1.807, 2.05) is 54.6 Å². The van der Waals surface area contributed by atoms with Crippen molar-refractivity contribution in [3.8, 4) is 5.75 Å². The van der Waals surface area contributed by atoms with E-state index in [9.17, 15) is 4.79 Å². The molecule has 0 atom stereocenters. The molecule has 1 aliphatic carbocycles. The number of ether oxygens (including phenoxy) is 1. The molecule has 4 rings (SSSR count). The zero-order valence-corrected chi connectivity index (χ0v) is 16.8. The zero-order valence-electron chi connectivity index (χ0n) is 16.8. The molecule has 0 saturated carbocycles. The standard InChI is InChI=1S/C23H24N4O2/c1-23(2)13-18-20(19(28)14-23)21(24-15-8-5-4-6-9-15)27-22(26-18)25-16-10-7-11-17(12-16)29-3/h4-12H,13-14H2,1-3H3,(H2,24,25,26,27). The first-order chi connectivity index (χ1) is 13.9. The number of para-hydroxylation sites is 1. The number of aromatic nitrogens is 2. The monoisotopic (exact) mass is 388 g/mol. The van der Waals surface area contributed by atoms with Crippen LogP contribution in [0.3, 0.4) is 0 Å². The van der Waals surface area contributed by atoms with Crippen LogP contribution in [0.2, 0.25) is 0 Å². The number of benzene rings is 2. The van der Waals surface area contributed by atoms with E-state index in [2.05, 4.69) is 34.4 Å². The molecule has 0 unspecified atom stereocenters. The van der Waals surface area contributed by atoms with Crippen molar-refractivity contribution in [3.63, 3.8) is 0 Å². The minimum Gasteiger partial charge on any atom is -0.497 e. The van der Waals surface area contributed by atoms with E-state index in [1.54, 1.807) is 7.11 Å². The Kier molecular flexibility index (Phi) is 4.92. The number of nitrogens with zero attached hydrogens (tertiary/aromatic N) is 2. The van der Waals surface area contributed by atoms with E-state index < -0.39 is 0 Å². The summed E-state index contributed by atoms with van der Waals surface area (Å²) in [4.78, 5) is 22.2. The largest absolute Gasteiger partial charge is 0.497 e. The molecule has 2 aromatic carbocycles. The SMILES string of the molecule is COc1cccc(Nc2nc3c(c(Nc4ccccc4)n2)C(=O)CC(C)(C)C3)c1. The van der Waals surface area contributed by atoms with E-state index in [0.29, 0.717) is 30.2 Å². The minimum atomic E-state index is -0.129. The second-order valence-electron chi connectivity index (χ2n) is 8.01. The van der Waals surface area contributed by atoms with E-state index in [4.69, 9.17) is 4.74 Å². The van der Waals surface area contributed by atoms with Crippen LogP contribution >= 0.6 is 0 Å². The summed E-state index contributed by atoms with van der Waals surface area (Å²) < 4.78 is 5.29. The Bertz CT molecular complexity index is 1050. The van der Waals surface area contributed by atoms with E-state index in [-0.39, 0.29) is 11.2 Å². The number of hydrogen-bond acceptors (Lipinski definition) is 6. The number of carbonyl (C=O) groups is 1.